The number of carbonyl (C=O) groups excluding carboxylic acids is 1. The van der Waals surface area contributed by atoms with Gasteiger partial charge in [-0.1, -0.05) is 18.2 Å². The van der Waals surface area contributed by atoms with Crippen LogP contribution in [0.25, 0.3) is 0 Å². The zero-order valence-corrected chi connectivity index (χ0v) is 14.0. The third kappa shape index (κ3) is 2.80. The molecule has 6 heteroatoms. The average Bonchev–Trinajstić information content (AvgIpc) is 2.57. The summed E-state index contributed by atoms with van der Waals surface area (Å²) in [4.78, 5) is 19.1. The summed E-state index contributed by atoms with van der Waals surface area (Å²) in [7, 11) is 3.70. The van der Waals surface area contributed by atoms with Crippen LogP contribution in [-0.2, 0) is 11.2 Å². The third-order valence-corrected chi connectivity index (χ3v) is 4.45. The number of ether oxygens (including phenoxy) is 1. The smallest absolute Gasteiger partial charge is 0.250 e. The van der Waals surface area contributed by atoms with Gasteiger partial charge in [0.05, 0.1) is 0 Å². The fraction of sp³-hybridized carbons (Fsp3) is 0.333. The minimum Gasteiger partial charge on any atom is -0.504 e. The molecular formula is C18H21N3O3. The lowest BCUT2D eigenvalue weighted by molar-refractivity contribution is -0.129. The molecule has 2 N–H and O–H groups in total. The molecule has 0 bridgehead atoms. The van der Waals surface area contributed by atoms with Gasteiger partial charge in [0.1, 0.15) is 17.9 Å². The van der Waals surface area contributed by atoms with Gasteiger partial charge < -0.3 is 15.2 Å². The van der Waals surface area contributed by atoms with E-state index in [1.54, 1.807) is 13.0 Å². The van der Waals surface area contributed by atoms with E-state index in [4.69, 9.17) is 4.74 Å². The highest BCUT2D eigenvalue weighted by molar-refractivity contribution is 5.99. The molecule has 24 heavy (non-hydrogen) atoms. The summed E-state index contributed by atoms with van der Waals surface area (Å²) >= 11 is 0. The van der Waals surface area contributed by atoms with Gasteiger partial charge in [-0.2, -0.15) is 0 Å². The maximum absolute atomic E-state index is 13.0. The van der Waals surface area contributed by atoms with Crippen LogP contribution in [0.3, 0.4) is 0 Å². The van der Waals surface area contributed by atoms with Crippen molar-refractivity contribution in [1.82, 2.24) is 9.88 Å². The quantitative estimate of drug-likeness (QED) is 0.901. The van der Waals surface area contributed by atoms with Crippen LogP contribution < -0.4 is 10.1 Å². The van der Waals surface area contributed by atoms with Crippen molar-refractivity contribution in [3.8, 4) is 11.5 Å². The number of amides is 1. The van der Waals surface area contributed by atoms with Gasteiger partial charge in [-0.15, -0.1) is 0 Å². The van der Waals surface area contributed by atoms with E-state index in [9.17, 15) is 9.90 Å². The highest BCUT2D eigenvalue weighted by atomic mass is 16.5. The minimum atomic E-state index is -0.869. The molecule has 1 atom stereocenters. The Bertz CT molecular complexity index is 776. The molecule has 0 aliphatic carbocycles. The SMILES string of the molecule is Cc1ccc(O)c(NC(=O)C2(N(C)C)COc3ccccc3C2)n1. The molecule has 1 aliphatic rings. The molecule has 0 radical (unpaired) electrons. The van der Waals surface area contributed by atoms with Crippen LogP contribution in [0, 0.1) is 6.92 Å². The fourth-order valence-electron chi connectivity index (χ4n) is 2.86. The Balaban J connectivity index is 1.91. The zero-order chi connectivity index (χ0) is 17.3. The molecule has 0 fully saturated rings. The van der Waals surface area contributed by atoms with Crippen molar-refractivity contribution in [3.05, 3.63) is 47.7 Å². The Kier molecular flexibility index (Phi) is 4.15. The van der Waals surface area contributed by atoms with E-state index in [0.717, 1.165) is 11.3 Å². The molecule has 126 valence electrons. The van der Waals surface area contributed by atoms with Crippen LogP contribution in [0.2, 0.25) is 0 Å². The van der Waals surface area contributed by atoms with Gasteiger partial charge in [0.2, 0.25) is 5.91 Å². The number of fused-ring (bicyclic) bond motifs is 1. The number of aromatic hydroxyl groups is 1. The first kappa shape index (κ1) is 16.3. The molecule has 1 aromatic carbocycles. The van der Waals surface area contributed by atoms with Crippen molar-refractivity contribution >= 4 is 11.7 Å². The second kappa shape index (κ2) is 6.13. The molecule has 2 heterocycles. The number of hydrogen-bond donors (Lipinski definition) is 2. The second-order valence-electron chi connectivity index (χ2n) is 6.27. The Labute approximate surface area is 141 Å². The highest BCUT2D eigenvalue weighted by Crippen LogP contribution is 2.33. The van der Waals surface area contributed by atoms with Crippen molar-refractivity contribution in [2.75, 3.05) is 26.0 Å². The normalized spacial score (nSPS) is 19.5. The largest absolute Gasteiger partial charge is 0.504 e. The minimum absolute atomic E-state index is 0.0556. The Morgan fingerprint density at radius 3 is 2.79 bits per heavy atom. The Hall–Kier alpha value is -2.60. The van der Waals surface area contributed by atoms with Crippen molar-refractivity contribution in [2.24, 2.45) is 0 Å². The number of likely N-dealkylation sites (N-methyl/N-ethyl adjacent to an activating group) is 1. The summed E-state index contributed by atoms with van der Waals surface area (Å²) in [5.74, 6) is 0.662. The maximum Gasteiger partial charge on any atom is 0.250 e. The number of carbonyl (C=O) groups is 1. The van der Waals surface area contributed by atoms with Gasteiger partial charge >= 0.3 is 0 Å². The van der Waals surface area contributed by atoms with E-state index in [-0.39, 0.29) is 24.1 Å². The fourth-order valence-corrected chi connectivity index (χ4v) is 2.86. The molecule has 6 nitrogen and oxygen atoms in total. The van der Waals surface area contributed by atoms with Gasteiger partial charge in [0, 0.05) is 12.1 Å². The van der Waals surface area contributed by atoms with Crippen LogP contribution in [0.5, 0.6) is 11.5 Å². The summed E-state index contributed by atoms with van der Waals surface area (Å²) in [6, 6.07) is 10.9. The molecule has 1 amide bonds. The predicted octanol–water partition coefficient (Wildman–Crippen LogP) is 1.97. The molecule has 2 aromatic rings. The van der Waals surface area contributed by atoms with E-state index >= 15 is 0 Å². The van der Waals surface area contributed by atoms with Gasteiger partial charge in [-0.3, -0.25) is 9.69 Å². The van der Waals surface area contributed by atoms with E-state index in [2.05, 4.69) is 10.3 Å². The summed E-state index contributed by atoms with van der Waals surface area (Å²) in [5, 5.41) is 12.7. The van der Waals surface area contributed by atoms with Crippen LogP contribution in [-0.4, -0.2) is 47.1 Å². The highest BCUT2D eigenvalue weighted by Gasteiger charge is 2.45. The lowest BCUT2D eigenvalue weighted by atomic mass is 9.86. The molecule has 1 aromatic heterocycles. The number of nitrogens with zero attached hydrogens (tertiary/aromatic N) is 2. The standard InChI is InChI=1S/C18H21N3O3/c1-12-8-9-14(22)16(19-12)20-17(23)18(21(2)3)10-13-6-4-5-7-15(13)24-11-18/h4-9,22H,10-11H2,1-3H3,(H,19,20,23). The van der Waals surface area contributed by atoms with Crippen molar-refractivity contribution in [1.29, 1.82) is 0 Å². The zero-order valence-electron chi connectivity index (χ0n) is 14.0. The van der Waals surface area contributed by atoms with E-state index in [1.807, 2.05) is 43.3 Å². The summed E-state index contributed by atoms with van der Waals surface area (Å²) in [5.41, 5.74) is 0.827. The molecule has 3 rings (SSSR count). The summed E-state index contributed by atoms with van der Waals surface area (Å²) < 4.78 is 5.83. The van der Waals surface area contributed by atoms with Gasteiger partial charge in [0.25, 0.3) is 0 Å². The number of aromatic nitrogens is 1. The first-order valence-electron chi connectivity index (χ1n) is 7.78. The number of aryl methyl sites for hydroxylation is 1. The number of rotatable bonds is 3. The van der Waals surface area contributed by atoms with E-state index < -0.39 is 5.54 Å². The van der Waals surface area contributed by atoms with Crippen molar-refractivity contribution in [3.63, 3.8) is 0 Å². The lowest BCUT2D eigenvalue weighted by Gasteiger charge is -2.41. The average molecular weight is 327 g/mol. The van der Waals surface area contributed by atoms with Crippen LogP contribution >= 0.6 is 0 Å². The van der Waals surface area contributed by atoms with E-state index in [0.29, 0.717) is 12.1 Å². The number of benzene rings is 1. The molecule has 0 saturated heterocycles. The first-order chi connectivity index (χ1) is 11.4. The summed E-state index contributed by atoms with van der Waals surface area (Å²) in [6.45, 7) is 2.03. The molecule has 1 unspecified atom stereocenters. The lowest BCUT2D eigenvalue weighted by Crippen LogP contribution is -2.60. The van der Waals surface area contributed by atoms with Gasteiger partial charge in [0.15, 0.2) is 11.6 Å². The first-order valence-corrected chi connectivity index (χ1v) is 7.78. The number of hydrogen-bond acceptors (Lipinski definition) is 5. The monoisotopic (exact) mass is 327 g/mol. The molecule has 0 saturated carbocycles. The second-order valence-corrected chi connectivity index (χ2v) is 6.27. The Morgan fingerprint density at radius 2 is 2.04 bits per heavy atom. The van der Waals surface area contributed by atoms with Crippen LogP contribution in [0.15, 0.2) is 36.4 Å². The molecule has 0 spiro atoms. The van der Waals surface area contributed by atoms with Crippen molar-refractivity contribution < 1.29 is 14.6 Å². The molecular weight excluding hydrogens is 306 g/mol. The topological polar surface area (TPSA) is 74.7 Å². The number of anilines is 1. The predicted molar refractivity (Wildman–Crippen MR) is 91.3 cm³/mol. The van der Waals surface area contributed by atoms with Gasteiger partial charge in [-0.05, 0) is 44.8 Å². The van der Waals surface area contributed by atoms with Crippen molar-refractivity contribution in [2.45, 2.75) is 18.9 Å². The van der Waals surface area contributed by atoms with Gasteiger partial charge in [-0.25, -0.2) is 4.98 Å². The number of nitrogens with one attached hydrogen (secondary N) is 1. The maximum atomic E-state index is 13.0. The van der Waals surface area contributed by atoms with E-state index in [1.165, 1.54) is 6.07 Å². The molecule has 1 aliphatic heterocycles. The number of para-hydroxylation sites is 1. The Morgan fingerprint density at radius 1 is 1.29 bits per heavy atom. The summed E-state index contributed by atoms with van der Waals surface area (Å²) in [6.07, 6.45) is 0.522. The third-order valence-electron chi connectivity index (χ3n) is 4.45. The van der Waals surface area contributed by atoms with Crippen LogP contribution in [0.4, 0.5) is 5.82 Å². The number of pyridine rings is 1. The van der Waals surface area contributed by atoms with Crippen LogP contribution in [0.1, 0.15) is 11.3 Å².